The van der Waals surface area contributed by atoms with Crippen molar-refractivity contribution in [2.24, 2.45) is 0 Å². The summed E-state index contributed by atoms with van der Waals surface area (Å²) in [7, 11) is 0. The van der Waals surface area contributed by atoms with Crippen LogP contribution in [-0.4, -0.2) is 17.4 Å². The molecule has 3 aromatic rings. The minimum Gasteiger partial charge on any atom is -0.481 e. The molecule has 21 heavy (non-hydrogen) atoms. The molecule has 1 unspecified atom stereocenters. The van der Waals surface area contributed by atoms with Gasteiger partial charge in [0, 0.05) is 11.8 Å². The van der Waals surface area contributed by atoms with Gasteiger partial charge in [-0.25, -0.2) is 0 Å². The zero-order valence-electron chi connectivity index (χ0n) is 11.0. The van der Waals surface area contributed by atoms with Crippen LogP contribution in [0, 0.1) is 0 Å². The zero-order valence-corrected chi connectivity index (χ0v) is 11.0. The summed E-state index contributed by atoms with van der Waals surface area (Å²) in [6.07, 6.45) is 1.89. The SMILES string of the molecule is O=CCC(C(=O)O)c1cc(-c2cc3ccccc3o2)co1. The Morgan fingerprint density at radius 3 is 2.81 bits per heavy atom. The molecule has 0 aliphatic rings. The lowest BCUT2D eigenvalue weighted by molar-refractivity contribution is -0.140. The Balaban J connectivity index is 1.97. The smallest absolute Gasteiger partial charge is 0.314 e. The summed E-state index contributed by atoms with van der Waals surface area (Å²) in [5.74, 6) is -1.22. The Morgan fingerprint density at radius 2 is 2.10 bits per heavy atom. The molecule has 2 aromatic heterocycles. The number of hydrogen-bond acceptors (Lipinski definition) is 4. The molecule has 5 heteroatoms. The molecule has 1 N–H and O–H groups in total. The molecule has 0 saturated heterocycles. The van der Waals surface area contributed by atoms with E-state index < -0.39 is 11.9 Å². The monoisotopic (exact) mass is 284 g/mol. The number of carbonyl (C=O) groups is 2. The third kappa shape index (κ3) is 2.45. The van der Waals surface area contributed by atoms with Crippen LogP contribution in [0.3, 0.4) is 0 Å². The summed E-state index contributed by atoms with van der Waals surface area (Å²) < 4.78 is 11.0. The van der Waals surface area contributed by atoms with E-state index in [4.69, 9.17) is 13.9 Å². The van der Waals surface area contributed by atoms with E-state index in [0.717, 1.165) is 11.0 Å². The molecule has 3 rings (SSSR count). The molecule has 106 valence electrons. The normalized spacial score (nSPS) is 12.4. The van der Waals surface area contributed by atoms with Crippen LogP contribution in [0.5, 0.6) is 0 Å². The zero-order chi connectivity index (χ0) is 14.8. The molecule has 0 bridgehead atoms. The van der Waals surface area contributed by atoms with Gasteiger partial charge in [0.1, 0.15) is 35.6 Å². The minimum atomic E-state index is -1.09. The summed E-state index contributed by atoms with van der Waals surface area (Å²) in [6.45, 7) is 0. The number of rotatable bonds is 5. The first-order valence-corrected chi connectivity index (χ1v) is 6.43. The van der Waals surface area contributed by atoms with E-state index >= 15 is 0 Å². The topological polar surface area (TPSA) is 80.7 Å². The van der Waals surface area contributed by atoms with Gasteiger partial charge in [-0.3, -0.25) is 4.79 Å². The number of carbonyl (C=O) groups excluding carboxylic acids is 1. The maximum absolute atomic E-state index is 11.1. The van der Waals surface area contributed by atoms with Crippen molar-refractivity contribution in [3.05, 3.63) is 48.4 Å². The average Bonchev–Trinajstić information content (AvgIpc) is 3.10. The molecular formula is C16H12O5. The molecule has 0 amide bonds. The van der Waals surface area contributed by atoms with Crippen LogP contribution in [0.1, 0.15) is 18.1 Å². The highest BCUT2D eigenvalue weighted by Gasteiger charge is 2.23. The van der Waals surface area contributed by atoms with Crippen molar-refractivity contribution in [2.45, 2.75) is 12.3 Å². The standard InChI is InChI=1S/C16H12O5/c17-6-5-12(16(18)19)15-8-11(9-20-15)14-7-10-3-1-2-4-13(10)21-14/h1-4,6-9,12H,5H2,(H,18,19). The number of aldehydes is 1. The van der Waals surface area contributed by atoms with Crippen LogP contribution in [0.2, 0.25) is 0 Å². The van der Waals surface area contributed by atoms with Crippen molar-refractivity contribution < 1.29 is 23.5 Å². The van der Waals surface area contributed by atoms with Gasteiger partial charge in [0.2, 0.25) is 0 Å². The Labute approximate surface area is 119 Å². The molecule has 0 aliphatic heterocycles. The fourth-order valence-electron chi connectivity index (χ4n) is 2.22. The number of furan rings is 2. The summed E-state index contributed by atoms with van der Waals surface area (Å²) in [6, 6.07) is 11.0. The van der Waals surface area contributed by atoms with Crippen molar-refractivity contribution in [1.82, 2.24) is 0 Å². The Kier molecular flexibility index (Phi) is 3.31. The summed E-state index contributed by atoms with van der Waals surface area (Å²) >= 11 is 0. The average molecular weight is 284 g/mol. The van der Waals surface area contributed by atoms with Crippen LogP contribution in [-0.2, 0) is 9.59 Å². The van der Waals surface area contributed by atoms with E-state index in [9.17, 15) is 9.59 Å². The molecule has 2 heterocycles. The van der Waals surface area contributed by atoms with Gasteiger partial charge in [-0.05, 0) is 18.2 Å². The molecular weight excluding hydrogens is 272 g/mol. The van der Waals surface area contributed by atoms with Crippen LogP contribution in [0.4, 0.5) is 0 Å². The second-order valence-corrected chi connectivity index (χ2v) is 4.68. The number of fused-ring (bicyclic) bond motifs is 1. The lowest BCUT2D eigenvalue weighted by Crippen LogP contribution is -2.11. The number of carboxylic acids is 1. The first-order chi connectivity index (χ1) is 10.2. The Bertz CT molecular complexity index is 763. The van der Waals surface area contributed by atoms with E-state index in [1.165, 1.54) is 6.26 Å². The quantitative estimate of drug-likeness (QED) is 0.726. The third-order valence-electron chi connectivity index (χ3n) is 3.30. The maximum Gasteiger partial charge on any atom is 0.314 e. The molecule has 0 saturated carbocycles. The number of benzene rings is 1. The van der Waals surface area contributed by atoms with E-state index in [-0.39, 0.29) is 12.2 Å². The Hall–Kier alpha value is -2.82. The first-order valence-electron chi connectivity index (χ1n) is 6.43. The molecule has 0 spiro atoms. The molecule has 0 aliphatic carbocycles. The number of para-hydroxylation sites is 1. The fraction of sp³-hybridized carbons (Fsp3) is 0.125. The number of aliphatic carboxylic acids is 1. The van der Waals surface area contributed by atoms with Gasteiger partial charge in [-0.15, -0.1) is 0 Å². The molecule has 0 fully saturated rings. The number of hydrogen-bond donors (Lipinski definition) is 1. The van der Waals surface area contributed by atoms with E-state index in [2.05, 4.69) is 0 Å². The molecule has 1 atom stereocenters. The van der Waals surface area contributed by atoms with Crippen molar-refractivity contribution in [1.29, 1.82) is 0 Å². The number of carboxylic acid groups (broad SMARTS) is 1. The van der Waals surface area contributed by atoms with Gasteiger partial charge in [-0.1, -0.05) is 18.2 Å². The maximum atomic E-state index is 11.1. The predicted molar refractivity (Wildman–Crippen MR) is 75.0 cm³/mol. The molecule has 0 radical (unpaired) electrons. The van der Waals surface area contributed by atoms with Gasteiger partial charge < -0.3 is 18.7 Å². The minimum absolute atomic E-state index is 0.123. The predicted octanol–water partition coefficient (Wildman–Crippen LogP) is 3.45. The van der Waals surface area contributed by atoms with Crippen LogP contribution >= 0.6 is 0 Å². The third-order valence-corrected chi connectivity index (χ3v) is 3.30. The van der Waals surface area contributed by atoms with Crippen molar-refractivity contribution in [3.63, 3.8) is 0 Å². The van der Waals surface area contributed by atoms with E-state index in [0.29, 0.717) is 17.6 Å². The fourth-order valence-corrected chi connectivity index (χ4v) is 2.22. The molecule has 1 aromatic carbocycles. The van der Waals surface area contributed by atoms with Gasteiger partial charge in [0.05, 0.1) is 5.56 Å². The Morgan fingerprint density at radius 1 is 1.29 bits per heavy atom. The van der Waals surface area contributed by atoms with Crippen molar-refractivity contribution >= 4 is 23.2 Å². The first kappa shape index (κ1) is 13.2. The summed E-state index contributed by atoms with van der Waals surface area (Å²) in [4.78, 5) is 21.7. The second-order valence-electron chi connectivity index (χ2n) is 4.68. The largest absolute Gasteiger partial charge is 0.481 e. The van der Waals surface area contributed by atoms with Crippen LogP contribution in [0.15, 0.2) is 51.5 Å². The van der Waals surface area contributed by atoms with Crippen LogP contribution in [0.25, 0.3) is 22.3 Å². The lowest BCUT2D eigenvalue weighted by atomic mass is 10.0. The van der Waals surface area contributed by atoms with Gasteiger partial charge in [0.25, 0.3) is 0 Å². The molecule has 5 nitrogen and oxygen atoms in total. The second kappa shape index (κ2) is 5.28. The van der Waals surface area contributed by atoms with Gasteiger partial charge in [-0.2, -0.15) is 0 Å². The summed E-state index contributed by atoms with van der Waals surface area (Å²) in [5, 5.41) is 10.1. The van der Waals surface area contributed by atoms with Crippen molar-refractivity contribution in [3.8, 4) is 11.3 Å². The summed E-state index contributed by atoms with van der Waals surface area (Å²) in [5.41, 5.74) is 1.40. The highest BCUT2D eigenvalue weighted by Crippen LogP contribution is 2.31. The van der Waals surface area contributed by atoms with E-state index in [1.807, 2.05) is 30.3 Å². The highest BCUT2D eigenvalue weighted by molar-refractivity contribution is 5.83. The van der Waals surface area contributed by atoms with E-state index in [1.54, 1.807) is 6.07 Å². The van der Waals surface area contributed by atoms with Gasteiger partial charge >= 0.3 is 5.97 Å². The van der Waals surface area contributed by atoms with Crippen molar-refractivity contribution in [2.75, 3.05) is 0 Å². The highest BCUT2D eigenvalue weighted by atomic mass is 16.4. The van der Waals surface area contributed by atoms with Crippen LogP contribution < -0.4 is 0 Å². The van der Waals surface area contributed by atoms with Gasteiger partial charge in [0.15, 0.2) is 0 Å². The lowest BCUT2D eigenvalue weighted by Gasteiger charge is -2.03.